The van der Waals surface area contributed by atoms with Crippen LogP contribution in [0.5, 0.6) is 5.75 Å². The molecule has 148 valence electrons. The van der Waals surface area contributed by atoms with Gasteiger partial charge in [-0.15, -0.1) is 11.3 Å². The summed E-state index contributed by atoms with van der Waals surface area (Å²) in [6.45, 7) is 0.000313. The summed E-state index contributed by atoms with van der Waals surface area (Å²) in [5, 5.41) is 5.56. The number of nitrogens with zero attached hydrogens (tertiary/aromatic N) is 1. The van der Waals surface area contributed by atoms with E-state index in [1.807, 2.05) is 11.4 Å². The summed E-state index contributed by atoms with van der Waals surface area (Å²) in [5.74, 6) is 0.288. The monoisotopic (exact) mass is 410 g/mol. The van der Waals surface area contributed by atoms with Gasteiger partial charge < -0.3 is 14.5 Å². The number of hydrogen-bond acceptors (Lipinski definition) is 6. The third-order valence-electron chi connectivity index (χ3n) is 5.70. The number of carbonyl (C=O) groups is 2. The first-order valence-electron chi connectivity index (χ1n) is 9.33. The van der Waals surface area contributed by atoms with E-state index in [1.54, 1.807) is 29.5 Å². The van der Waals surface area contributed by atoms with Crippen LogP contribution in [0.4, 0.5) is 4.79 Å². The minimum absolute atomic E-state index is 0.000313. The van der Waals surface area contributed by atoms with E-state index in [2.05, 4.69) is 5.32 Å². The smallest absolute Gasteiger partial charge is 0.336 e. The van der Waals surface area contributed by atoms with Gasteiger partial charge in [-0.25, -0.2) is 9.59 Å². The highest BCUT2D eigenvalue weighted by Crippen LogP contribution is 2.42. The largest absolute Gasteiger partial charge is 0.497 e. The molecule has 1 spiro atoms. The van der Waals surface area contributed by atoms with E-state index in [1.165, 1.54) is 18.1 Å². The van der Waals surface area contributed by atoms with E-state index in [9.17, 15) is 14.4 Å². The Hall–Kier alpha value is -3.13. The molecule has 3 heterocycles. The summed E-state index contributed by atoms with van der Waals surface area (Å²) in [6, 6.07) is 7.95. The van der Waals surface area contributed by atoms with Gasteiger partial charge in [0, 0.05) is 28.0 Å². The molecular formula is C21H18N2O5S. The summed E-state index contributed by atoms with van der Waals surface area (Å²) in [6.07, 6.45) is 2.34. The Morgan fingerprint density at radius 1 is 1.24 bits per heavy atom. The minimum atomic E-state index is -0.997. The van der Waals surface area contributed by atoms with Crippen molar-refractivity contribution in [2.24, 2.45) is 0 Å². The topological polar surface area (TPSA) is 88.9 Å². The van der Waals surface area contributed by atoms with E-state index in [4.69, 9.17) is 9.15 Å². The molecule has 0 unspecified atom stereocenters. The third kappa shape index (κ3) is 2.66. The lowest BCUT2D eigenvalue weighted by molar-refractivity contribution is -0.132. The molecule has 3 amide bonds. The van der Waals surface area contributed by atoms with E-state index >= 15 is 0 Å². The Morgan fingerprint density at radius 3 is 2.93 bits per heavy atom. The van der Waals surface area contributed by atoms with Gasteiger partial charge >= 0.3 is 11.7 Å². The highest BCUT2D eigenvalue weighted by atomic mass is 32.1. The number of urea groups is 1. The van der Waals surface area contributed by atoms with Gasteiger partial charge in [0.05, 0.1) is 13.7 Å². The van der Waals surface area contributed by atoms with Crippen LogP contribution >= 0.6 is 11.3 Å². The number of fused-ring (bicyclic) bond motifs is 3. The van der Waals surface area contributed by atoms with Crippen LogP contribution in [0.25, 0.3) is 11.0 Å². The maximum atomic E-state index is 13.4. The molecule has 1 aromatic carbocycles. The number of amides is 3. The van der Waals surface area contributed by atoms with Crippen LogP contribution in [0.15, 0.2) is 44.9 Å². The lowest BCUT2D eigenvalue weighted by Gasteiger charge is -2.31. The summed E-state index contributed by atoms with van der Waals surface area (Å²) < 4.78 is 10.5. The molecular weight excluding hydrogens is 392 g/mol. The number of methoxy groups -OCH3 is 1. The van der Waals surface area contributed by atoms with Crippen molar-refractivity contribution in [2.75, 3.05) is 7.11 Å². The molecule has 1 fully saturated rings. The fraction of sp³-hybridized carbons (Fsp3) is 0.286. The number of thiophene rings is 1. The number of aryl methyl sites for hydroxylation is 1. The van der Waals surface area contributed by atoms with Crippen molar-refractivity contribution >= 4 is 34.2 Å². The number of ether oxygens (including phenoxy) is 1. The van der Waals surface area contributed by atoms with Crippen LogP contribution in [0.3, 0.4) is 0 Å². The van der Waals surface area contributed by atoms with E-state index in [0.717, 1.165) is 23.3 Å². The summed E-state index contributed by atoms with van der Waals surface area (Å²) in [7, 11) is 1.53. The maximum absolute atomic E-state index is 13.4. The first-order chi connectivity index (χ1) is 14.0. The second kappa shape index (κ2) is 6.45. The standard InChI is InChI=1S/C21H18N2O5S/c1-27-13-4-5-14-12(9-18(24)28-16(14)10-13)11-23-19(25)21(22-20(23)26)7-2-3-17-15(21)6-8-29-17/h4-6,8-10H,2-3,7,11H2,1H3,(H,22,26)/t21-/m0/s1. The van der Waals surface area contributed by atoms with E-state index in [0.29, 0.717) is 28.7 Å². The number of nitrogens with one attached hydrogen (secondary N) is 1. The molecule has 2 aliphatic rings. The first-order valence-corrected chi connectivity index (χ1v) is 10.2. The molecule has 3 aromatic rings. The van der Waals surface area contributed by atoms with Crippen molar-refractivity contribution in [3.05, 3.63) is 62.1 Å². The number of hydrogen-bond donors (Lipinski definition) is 1. The van der Waals surface area contributed by atoms with Gasteiger partial charge in [-0.2, -0.15) is 0 Å². The zero-order valence-corrected chi connectivity index (χ0v) is 16.5. The summed E-state index contributed by atoms with van der Waals surface area (Å²) in [5.41, 5.74) is 0.271. The van der Waals surface area contributed by atoms with Crippen LogP contribution in [0, 0.1) is 0 Å². The molecule has 1 aliphatic heterocycles. The predicted octanol–water partition coefficient (Wildman–Crippen LogP) is 3.15. The number of carbonyl (C=O) groups excluding carboxylic acids is 2. The second-order valence-electron chi connectivity index (χ2n) is 7.29. The van der Waals surface area contributed by atoms with E-state index in [-0.39, 0.29) is 12.5 Å². The Labute approximate surface area is 169 Å². The quantitative estimate of drug-likeness (QED) is 0.529. The molecule has 5 rings (SSSR count). The predicted molar refractivity (Wildman–Crippen MR) is 107 cm³/mol. The average molecular weight is 410 g/mol. The van der Waals surface area contributed by atoms with Crippen LogP contribution in [0.2, 0.25) is 0 Å². The van der Waals surface area contributed by atoms with Gasteiger partial charge in [-0.3, -0.25) is 9.69 Å². The summed E-state index contributed by atoms with van der Waals surface area (Å²) in [4.78, 5) is 40.6. The van der Waals surface area contributed by atoms with Crippen LogP contribution < -0.4 is 15.7 Å². The lowest BCUT2D eigenvalue weighted by atomic mass is 9.80. The molecule has 0 radical (unpaired) electrons. The maximum Gasteiger partial charge on any atom is 0.336 e. The van der Waals surface area contributed by atoms with Crippen LogP contribution in [-0.4, -0.2) is 23.9 Å². The molecule has 0 saturated carbocycles. The zero-order valence-electron chi connectivity index (χ0n) is 15.7. The molecule has 29 heavy (non-hydrogen) atoms. The zero-order chi connectivity index (χ0) is 20.2. The van der Waals surface area contributed by atoms with Crippen molar-refractivity contribution in [1.29, 1.82) is 0 Å². The number of rotatable bonds is 3. The number of imide groups is 1. The molecule has 2 aromatic heterocycles. The molecule has 0 bridgehead atoms. The van der Waals surface area contributed by atoms with E-state index < -0.39 is 17.2 Å². The van der Waals surface area contributed by atoms with Gasteiger partial charge in [-0.1, -0.05) is 0 Å². The van der Waals surface area contributed by atoms with Crippen molar-refractivity contribution in [3.63, 3.8) is 0 Å². The Balaban J connectivity index is 1.55. The Bertz CT molecular complexity index is 1210. The lowest BCUT2D eigenvalue weighted by Crippen LogP contribution is -2.46. The van der Waals surface area contributed by atoms with Crippen molar-refractivity contribution < 1.29 is 18.7 Å². The molecule has 1 aliphatic carbocycles. The van der Waals surface area contributed by atoms with Gasteiger partial charge in [0.2, 0.25) is 0 Å². The first kappa shape index (κ1) is 17.9. The average Bonchev–Trinajstić information content (AvgIpc) is 3.28. The highest BCUT2D eigenvalue weighted by molar-refractivity contribution is 7.10. The Morgan fingerprint density at radius 2 is 2.10 bits per heavy atom. The van der Waals surface area contributed by atoms with Gasteiger partial charge in [-0.05, 0) is 48.4 Å². The van der Waals surface area contributed by atoms with Gasteiger partial charge in [0.1, 0.15) is 16.9 Å². The number of benzene rings is 1. The molecule has 7 nitrogen and oxygen atoms in total. The summed E-state index contributed by atoms with van der Waals surface area (Å²) >= 11 is 1.61. The third-order valence-corrected chi connectivity index (χ3v) is 6.68. The van der Waals surface area contributed by atoms with Crippen molar-refractivity contribution in [1.82, 2.24) is 10.2 Å². The Kier molecular flexibility index (Phi) is 3.99. The normalized spacial score (nSPS) is 20.9. The molecule has 8 heteroatoms. The van der Waals surface area contributed by atoms with Crippen LogP contribution in [-0.2, 0) is 23.3 Å². The minimum Gasteiger partial charge on any atom is -0.497 e. The molecule has 1 saturated heterocycles. The highest BCUT2D eigenvalue weighted by Gasteiger charge is 2.54. The fourth-order valence-electron chi connectivity index (χ4n) is 4.32. The van der Waals surface area contributed by atoms with Gasteiger partial charge in [0.25, 0.3) is 5.91 Å². The van der Waals surface area contributed by atoms with Crippen molar-refractivity contribution in [2.45, 2.75) is 31.3 Å². The van der Waals surface area contributed by atoms with Crippen LogP contribution in [0.1, 0.15) is 28.8 Å². The molecule has 1 N–H and O–H groups in total. The second-order valence-corrected chi connectivity index (χ2v) is 8.29. The SMILES string of the molecule is COc1ccc2c(CN3C(=O)N[C@]4(CCCc5sccc54)C3=O)cc(=O)oc2c1. The van der Waals surface area contributed by atoms with Gasteiger partial charge in [0.15, 0.2) is 0 Å². The fourth-order valence-corrected chi connectivity index (χ4v) is 5.32. The van der Waals surface area contributed by atoms with Crippen molar-refractivity contribution in [3.8, 4) is 5.75 Å². The molecule has 1 atom stereocenters.